The van der Waals surface area contributed by atoms with E-state index in [2.05, 4.69) is 15.8 Å². The van der Waals surface area contributed by atoms with E-state index in [9.17, 15) is 9.90 Å². The Morgan fingerprint density at radius 2 is 2.09 bits per heavy atom. The van der Waals surface area contributed by atoms with Crippen molar-refractivity contribution in [3.63, 3.8) is 0 Å². The van der Waals surface area contributed by atoms with Crippen LogP contribution in [0.3, 0.4) is 0 Å². The lowest BCUT2D eigenvalue weighted by molar-refractivity contribution is 0.167. The first-order valence-electron chi connectivity index (χ1n) is 7.28. The summed E-state index contributed by atoms with van der Waals surface area (Å²) >= 11 is 0. The molecule has 0 saturated carbocycles. The van der Waals surface area contributed by atoms with Crippen molar-refractivity contribution in [2.45, 2.75) is 32.2 Å². The molecule has 0 aliphatic rings. The summed E-state index contributed by atoms with van der Waals surface area (Å²) in [5.41, 5.74) is 0.236. The summed E-state index contributed by atoms with van der Waals surface area (Å²) in [5.74, 6) is 0.905. The minimum atomic E-state index is -0.648. The molecule has 0 aliphatic carbocycles. The summed E-state index contributed by atoms with van der Waals surface area (Å²) in [6, 6.07) is 10.7. The number of rotatable bonds is 6. The summed E-state index contributed by atoms with van der Waals surface area (Å²) in [7, 11) is 0. The molecule has 1 heterocycles. The van der Waals surface area contributed by atoms with Gasteiger partial charge in [0.25, 0.3) is 0 Å². The van der Waals surface area contributed by atoms with Crippen LogP contribution in [0.4, 0.5) is 10.6 Å². The van der Waals surface area contributed by atoms with E-state index in [4.69, 9.17) is 4.52 Å². The molecule has 0 fully saturated rings. The van der Waals surface area contributed by atoms with Crippen LogP contribution in [-0.4, -0.2) is 28.4 Å². The molecule has 0 saturated heterocycles. The zero-order valence-electron chi connectivity index (χ0n) is 12.8. The van der Waals surface area contributed by atoms with E-state index in [1.54, 1.807) is 13.0 Å². The molecule has 0 radical (unpaired) electrons. The number of hydrogen-bond acceptors (Lipinski definition) is 4. The first kappa shape index (κ1) is 16.0. The van der Waals surface area contributed by atoms with Gasteiger partial charge in [0.1, 0.15) is 0 Å². The number of anilines is 1. The van der Waals surface area contributed by atoms with Gasteiger partial charge in [-0.1, -0.05) is 48.8 Å². The fourth-order valence-corrected chi connectivity index (χ4v) is 2.23. The number of carbonyl (C=O) groups excluding carboxylic acids is 1. The summed E-state index contributed by atoms with van der Waals surface area (Å²) in [6.45, 7) is 3.67. The van der Waals surface area contributed by atoms with Gasteiger partial charge in [-0.25, -0.2) is 4.79 Å². The Labute approximate surface area is 129 Å². The third kappa shape index (κ3) is 4.08. The Morgan fingerprint density at radius 3 is 2.73 bits per heavy atom. The van der Waals surface area contributed by atoms with E-state index in [1.165, 1.54) is 0 Å². The number of carbonyl (C=O) groups is 1. The monoisotopic (exact) mass is 303 g/mol. The molecular weight excluding hydrogens is 282 g/mol. The van der Waals surface area contributed by atoms with Crippen LogP contribution in [0.2, 0.25) is 0 Å². The number of nitrogens with one attached hydrogen (secondary N) is 2. The van der Waals surface area contributed by atoms with E-state index < -0.39 is 11.6 Å². The van der Waals surface area contributed by atoms with Gasteiger partial charge in [-0.2, -0.15) is 0 Å². The van der Waals surface area contributed by atoms with Crippen LogP contribution < -0.4 is 10.6 Å². The fourth-order valence-electron chi connectivity index (χ4n) is 2.23. The second-order valence-corrected chi connectivity index (χ2v) is 5.49. The van der Waals surface area contributed by atoms with Gasteiger partial charge in [0, 0.05) is 11.6 Å². The predicted molar refractivity (Wildman–Crippen MR) is 84.5 cm³/mol. The lowest BCUT2D eigenvalue weighted by atomic mass is 9.98. The summed E-state index contributed by atoms with van der Waals surface area (Å²) in [6.07, 6.45) is 1.55. The summed E-state index contributed by atoms with van der Waals surface area (Å²) < 4.78 is 5.21. The van der Waals surface area contributed by atoms with Crippen LogP contribution in [0.1, 0.15) is 26.7 Å². The van der Waals surface area contributed by atoms with Crippen molar-refractivity contribution in [3.8, 4) is 11.3 Å². The zero-order chi connectivity index (χ0) is 16.0. The average molecular weight is 303 g/mol. The van der Waals surface area contributed by atoms with Crippen molar-refractivity contribution in [3.05, 3.63) is 36.4 Å². The SMILES string of the molecule is CCCC(C)(CO)NC(=O)Nc1cc(-c2ccccc2)on1. The summed E-state index contributed by atoms with van der Waals surface area (Å²) in [4.78, 5) is 12.0. The molecule has 0 aliphatic heterocycles. The van der Waals surface area contributed by atoms with Crippen molar-refractivity contribution in [1.29, 1.82) is 0 Å². The largest absolute Gasteiger partial charge is 0.394 e. The average Bonchev–Trinajstić information content (AvgIpc) is 2.96. The number of hydrogen-bond donors (Lipinski definition) is 3. The highest BCUT2D eigenvalue weighted by Crippen LogP contribution is 2.22. The number of urea groups is 1. The topological polar surface area (TPSA) is 87.4 Å². The number of aliphatic hydroxyl groups excluding tert-OH is 1. The van der Waals surface area contributed by atoms with Crippen LogP contribution in [0.15, 0.2) is 40.9 Å². The molecule has 1 aromatic carbocycles. The second-order valence-electron chi connectivity index (χ2n) is 5.49. The predicted octanol–water partition coefficient (Wildman–Crippen LogP) is 3.01. The molecule has 0 bridgehead atoms. The Kier molecular flexibility index (Phi) is 5.16. The molecular formula is C16H21N3O3. The Bertz CT molecular complexity index is 612. The third-order valence-electron chi connectivity index (χ3n) is 3.38. The normalized spacial score (nSPS) is 13.4. The van der Waals surface area contributed by atoms with Crippen LogP contribution in [0.5, 0.6) is 0 Å². The standard InChI is InChI=1S/C16H21N3O3/c1-3-9-16(2,11-20)18-15(21)17-14-10-13(22-19-14)12-7-5-4-6-8-12/h4-8,10,20H,3,9,11H2,1-2H3,(H2,17,18,19,21). The maximum absolute atomic E-state index is 12.0. The summed E-state index contributed by atoms with van der Waals surface area (Å²) in [5, 5.41) is 18.6. The van der Waals surface area contributed by atoms with Gasteiger partial charge in [-0.3, -0.25) is 5.32 Å². The molecule has 2 aromatic rings. The van der Waals surface area contributed by atoms with Gasteiger partial charge < -0.3 is 14.9 Å². The second kappa shape index (κ2) is 7.09. The Balaban J connectivity index is 1.99. The van der Waals surface area contributed by atoms with Crippen molar-refractivity contribution in [1.82, 2.24) is 10.5 Å². The molecule has 1 aromatic heterocycles. The first-order chi connectivity index (χ1) is 10.6. The van der Waals surface area contributed by atoms with Crippen molar-refractivity contribution in [2.24, 2.45) is 0 Å². The minimum absolute atomic E-state index is 0.123. The molecule has 3 N–H and O–H groups in total. The molecule has 6 heteroatoms. The lowest BCUT2D eigenvalue weighted by Crippen LogP contribution is -2.50. The van der Waals surface area contributed by atoms with Crippen LogP contribution in [0.25, 0.3) is 11.3 Å². The number of benzene rings is 1. The number of aromatic nitrogens is 1. The Morgan fingerprint density at radius 1 is 1.36 bits per heavy atom. The third-order valence-corrected chi connectivity index (χ3v) is 3.38. The van der Waals surface area contributed by atoms with Crippen LogP contribution in [0, 0.1) is 0 Å². The van der Waals surface area contributed by atoms with E-state index in [1.807, 2.05) is 37.3 Å². The van der Waals surface area contributed by atoms with E-state index >= 15 is 0 Å². The molecule has 118 valence electrons. The molecule has 2 amide bonds. The van der Waals surface area contributed by atoms with Gasteiger partial charge in [-0.05, 0) is 13.3 Å². The molecule has 0 spiro atoms. The van der Waals surface area contributed by atoms with E-state index in [0.717, 1.165) is 12.0 Å². The minimum Gasteiger partial charge on any atom is -0.394 e. The van der Waals surface area contributed by atoms with Gasteiger partial charge in [0.05, 0.1) is 12.1 Å². The maximum atomic E-state index is 12.0. The lowest BCUT2D eigenvalue weighted by Gasteiger charge is -2.28. The quantitative estimate of drug-likeness (QED) is 0.765. The molecule has 2 rings (SSSR count). The van der Waals surface area contributed by atoms with Crippen molar-refractivity contribution in [2.75, 3.05) is 11.9 Å². The van der Waals surface area contributed by atoms with Gasteiger partial charge in [0.2, 0.25) is 0 Å². The maximum Gasteiger partial charge on any atom is 0.320 e. The Hall–Kier alpha value is -2.34. The van der Waals surface area contributed by atoms with E-state index in [0.29, 0.717) is 18.0 Å². The molecule has 1 unspecified atom stereocenters. The van der Waals surface area contributed by atoms with E-state index in [-0.39, 0.29) is 6.61 Å². The highest BCUT2D eigenvalue weighted by molar-refractivity contribution is 5.89. The molecule has 1 atom stereocenters. The van der Waals surface area contributed by atoms with Crippen LogP contribution in [-0.2, 0) is 0 Å². The van der Waals surface area contributed by atoms with Crippen molar-refractivity contribution >= 4 is 11.8 Å². The highest BCUT2D eigenvalue weighted by atomic mass is 16.5. The van der Waals surface area contributed by atoms with Gasteiger partial charge in [-0.15, -0.1) is 0 Å². The number of amides is 2. The van der Waals surface area contributed by atoms with Gasteiger partial charge >= 0.3 is 6.03 Å². The first-order valence-corrected chi connectivity index (χ1v) is 7.28. The van der Waals surface area contributed by atoms with Crippen molar-refractivity contribution < 1.29 is 14.4 Å². The number of nitrogens with zero attached hydrogens (tertiary/aromatic N) is 1. The smallest absolute Gasteiger partial charge is 0.320 e. The fraction of sp³-hybridized carbons (Fsp3) is 0.375. The van der Waals surface area contributed by atoms with Gasteiger partial charge in [0.15, 0.2) is 11.6 Å². The molecule has 22 heavy (non-hydrogen) atoms. The number of aliphatic hydroxyl groups is 1. The zero-order valence-corrected chi connectivity index (χ0v) is 12.8. The van der Waals surface area contributed by atoms with Crippen LogP contribution >= 0.6 is 0 Å². The highest BCUT2D eigenvalue weighted by Gasteiger charge is 2.24. The molecule has 6 nitrogen and oxygen atoms in total.